The lowest BCUT2D eigenvalue weighted by Gasteiger charge is -2.17. The van der Waals surface area contributed by atoms with Crippen molar-refractivity contribution in [2.24, 2.45) is 4.99 Å². The van der Waals surface area contributed by atoms with Crippen molar-refractivity contribution in [3.05, 3.63) is 41.8 Å². The van der Waals surface area contributed by atoms with Gasteiger partial charge in [-0.25, -0.2) is 9.38 Å². The molecule has 0 aliphatic carbocycles. The molecule has 1 unspecified atom stereocenters. The first kappa shape index (κ1) is 20.7. The smallest absolute Gasteiger partial charge is 0.232 e. The highest BCUT2D eigenvalue weighted by molar-refractivity contribution is 5.79. The van der Waals surface area contributed by atoms with Crippen LogP contribution in [-0.4, -0.2) is 35.3 Å². The van der Waals surface area contributed by atoms with Crippen LogP contribution in [0.4, 0.5) is 4.39 Å². The van der Waals surface area contributed by atoms with Gasteiger partial charge in [0.15, 0.2) is 23.4 Å². The number of hydrogen-bond acceptors (Lipinski definition) is 5. The summed E-state index contributed by atoms with van der Waals surface area (Å²) in [5, 5.41) is 10.3. The summed E-state index contributed by atoms with van der Waals surface area (Å²) in [6.45, 7) is 11.3. The highest BCUT2D eigenvalue weighted by atomic mass is 19.1. The normalized spacial score (nSPS) is 13.3. The second-order valence-electron chi connectivity index (χ2n) is 7.20. The van der Waals surface area contributed by atoms with Gasteiger partial charge in [-0.3, -0.25) is 0 Å². The van der Waals surface area contributed by atoms with Crippen molar-refractivity contribution in [3.8, 4) is 5.75 Å². The monoisotopic (exact) mass is 377 g/mol. The summed E-state index contributed by atoms with van der Waals surface area (Å²) in [6.07, 6.45) is -0.247. The number of nitrogens with zero attached hydrogens (tertiary/aromatic N) is 3. The molecule has 0 saturated carbocycles. The molecule has 0 aliphatic rings. The van der Waals surface area contributed by atoms with Crippen LogP contribution in [0.2, 0.25) is 0 Å². The Balaban J connectivity index is 1.91. The molecule has 2 rings (SSSR count). The SMILES string of the molecule is CCNC(=NCc1noc(C(C)(C)C)n1)NCC(C)Oc1ccccc1F. The van der Waals surface area contributed by atoms with Crippen LogP contribution in [-0.2, 0) is 12.0 Å². The summed E-state index contributed by atoms with van der Waals surface area (Å²) in [4.78, 5) is 8.82. The Morgan fingerprint density at radius 2 is 2.04 bits per heavy atom. The lowest BCUT2D eigenvalue weighted by atomic mass is 9.97. The number of rotatable bonds is 7. The molecule has 1 heterocycles. The van der Waals surface area contributed by atoms with Gasteiger partial charge in [0.2, 0.25) is 5.89 Å². The molecule has 1 aromatic heterocycles. The summed E-state index contributed by atoms with van der Waals surface area (Å²) >= 11 is 0. The van der Waals surface area contributed by atoms with E-state index in [1.54, 1.807) is 18.2 Å². The highest BCUT2D eigenvalue weighted by Crippen LogP contribution is 2.19. The van der Waals surface area contributed by atoms with Gasteiger partial charge < -0.3 is 19.9 Å². The molecule has 1 atom stereocenters. The Morgan fingerprint density at radius 1 is 1.30 bits per heavy atom. The van der Waals surface area contributed by atoms with Gasteiger partial charge in [-0.15, -0.1) is 0 Å². The first-order chi connectivity index (χ1) is 12.8. The van der Waals surface area contributed by atoms with Crippen LogP contribution >= 0.6 is 0 Å². The average molecular weight is 377 g/mol. The van der Waals surface area contributed by atoms with Crippen molar-refractivity contribution in [2.75, 3.05) is 13.1 Å². The maximum absolute atomic E-state index is 13.7. The van der Waals surface area contributed by atoms with E-state index in [-0.39, 0.29) is 29.6 Å². The largest absolute Gasteiger partial charge is 0.486 e. The van der Waals surface area contributed by atoms with Crippen molar-refractivity contribution >= 4 is 5.96 Å². The van der Waals surface area contributed by atoms with Gasteiger partial charge in [0, 0.05) is 12.0 Å². The lowest BCUT2D eigenvalue weighted by Crippen LogP contribution is -2.41. The quantitative estimate of drug-likeness (QED) is 0.570. The van der Waals surface area contributed by atoms with E-state index < -0.39 is 0 Å². The van der Waals surface area contributed by atoms with E-state index in [9.17, 15) is 4.39 Å². The zero-order valence-electron chi connectivity index (χ0n) is 16.5. The van der Waals surface area contributed by atoms with Gasteiger partial charge in [0.1, 0.15) is 12.6 Å². The predicted octanol–water partition coefficient (Wildman–Crippen LogP) is 3.03. The van der Waals surface area contributed by atoms with Crippen LogP contribution in [0.3, 0.4) is 0 Å². The molecule has 7 nitrogen and oxygen atoms in total. The number of ether oxygens (including phenoxy) is 1. The first-order valence-corrected chi connectivity index (χ1v) is 9.06. The van der Waals surface area contributed by atoms with Gasteiger partial charge in [0.05, 0.1) is 6.54 Å². The highest BCUT2D eigenvalue weighted by Gasteiger charge is 2.21. The minimum atomic E-state index is -0.378. The topological polar surface area (TPSA) is 84.6 Å². The summed E-state index contributed by atoms with van der Waals surface area (Å²) in [7, 11) is 0. The van der Waals surface area contributed by atoms with E-state index in [4.69, 9.17) is 9.26 Å². The fourth-order valence-corrected chi connectivity index (χ4v) is 2.15. The molecule has 0 spiro atoms. The van der Waals surface area contributed by atoms with Crippen LogP contribution in [0.15, 0.2) is 33.8 Å². The molecule has 0 aliphatic heterocycles. The van der Waals surface area contributed by atoms with E-state index in [1.165, 1.54) is 6.07 Å². The predicted molar refractivity (Wildman–Crippen MR) is 102 cm³/mol. The fraction of sp³-hybridized carbons (Fsp3) is 0.526. The zero-order chi connectivity index (χ0) is 19.9. The number of guanidine groups is 1. The van der Waals surface area contributed by atoms with Crippen LogP contribution in [0, 0.1) is 5.82 Å². The van der Waals surface area contributed by atoms with Crippen LogP contribution < -0.4 is 15.4 Å². The summed E-state index contributed by atoms with van der Waals surface area (Å²) < 4.78 is 24.5. The Morgan fingerprint density at radius 3 is 2.67 bits per heavy atom. The van der Waals surface area contributed by atoms with Gasteiger partial charge in [-0.1, -0.05) is 38.1 Å². The average Bonchev–Trinajstić information content (AvgIpc) is 3.09. The fourth-order valence-electron chi connectivity index (χ4n) is 2.15. The van der Waals surface area contributed by atoms with E-state index in [2.05, 4.69) is 25.8 Å². The van der Waals surface area contributed by atoms with Crippen molar-refractivity contribution in [1.29, 1.82) is 0 Å². The van der Waals surface area contributed by atoms with Crippen LogP contribution in [0.5, 0.6) is 5.75 Å². The van der Waals surface area contributed by atoms with Gasteiger partial charge in [0.25, 0.3) is 0 Å². The molecule has 2 N–H and O–H groups in total. The number of aromatic nitrogens is 2. The maximum atomic E-state index is 13.7. The van der Waals surface area contributed by atoms with Gasteiger partial charge in [-0.05, 0) is 26.0 Å². The second-order valence-corrected chi connectivity index (χ2v) is 7.20. The van der Waals surface area contributed by atoms with Crippen LogP contribution in [0.1, 0.15) is 46.3 Å². The molecule has 0 radical (unpaired) electrons. The number of para-hydroxylation sites is 1. The third kappa shape index (κ3) is 6.54. The Labute approximate surface area is 159 Å². The summed E-state index contributed by atoms with van der Waals surface area (Å²) in [6, 6.07) is 6.34. The second kappa shape index (κ2) is 9.34. The molecule has 148 valence electrons. The minimum Gasteiger partial charge on any atom is -0.486 e. The number of aliphatic imine (C=N–C) groups is 1. The molecule has 0 bridgehead atoms. The Bertz CT molecular complexity index is 755. The number of benzene rings is 1. The molecule has 27 heavy (non-hydrogen) atoms. The Kier molecular flexibility index (Phi) is 7.15. The number of halogens is 1. The minimum absolute atomic E-state index is 0.197. The lowest BCUT2D eigenvalue weighted by molar-refractivity contribution is 0.214. The molecule has 1 aromatic carbocycles. The zero-order valence-corrected chi connectivity index (χ0v) is 16.5. The van der Waals surface area contributed by atoms with E-state index in [0.29, 0.717) is 30.8 Å². The van der Waals surface area contributed by atoms with E-state index >= 15 is 0 Å². The van der Waals surface area contributed by atoms with Gasteiger partial charge in [-0.2, -0.15) is 4.98 Å². The molecule has 0 saturated heterocycles. The summed E-state index contributed by atoms with van der Waals surface area (Å²) in [5.41, 5.74) is -0.197. The molecular weight excluding hydrogens is 349 g/mol. The third-order valence-electron chi connectivity index (χ3n) is 3.55. The first-order valence-electron chi connectivity index (χ1n) is 9.06. The number of hydrogen-bond donors (Lipinski definition) is 2. The molecule has 8 heteroatoms. The molecule has 0 amide bonds. The molecule has 0 fully saturated rings. The standard InChI is InChI=1S/C19H28FN5O2/c1-6-21-18(23-12-16-24-17(27-25-16)19(3,4)5)22-11-13(2)26-15-10-8-7-9-14(15)20/h7-10,13H,6,11-12H2,1-5H3,(H2,21,22,23). The number of nitrogens with one attached hydrogen (secondary N) is 2. The Hall–Kier alpha value is -2.64. The van der Waals surface area contributed by atoms with Crippen molar-refractivity contribution < 1.29 is 13.7 Å². The molecular formula is C19H28FN5O2. The molecule has 2 aromatic rings. The third-order valence-corrected chi connectivity index (χ3v) is 3.55. The maximum Gasteiger partial charge on any atom is 0.232 e. The van der Waals surface area contributed by atoms with E-state index in [1.807, 2.05) is 34.6 Å². The summed E-state index contributed by atoms with van der Waals surface area (Å²) in [5.74, 6) is 1.56. The van der Waals surface area contributed by atoms with Crippen molar-refractivity contribution in [2.45, 2.75) is 52.7 Å². The van der Waals surface area contributed by atoms with E-state index in [0.717, 1.165) is 0 Å². The van der Waals surface area contributed by atoms with Crippen molar-refractivity contribution in [1.82, 2.24) is 20.8 Å². The van der Waals surface area contributed by atoms with Gasteiger partial charge >= 0.3 is 0 Å². The van der Waals surface area contributed by atoms with Crippen LogP contribution in [0.25, 0.3) is 0 Å². The van der Waals surface area contributed by atoms with Crippen molar-refractivity contribution in [3.63, 3.8) is 0 Å².